The second-order valence-electron chi connectivity index (χ2n) is 6.96. The minimum absolute atomic E-state index is 0.0136. The highest BCUT2D eigenvalue weighted by atomic mass is 16.6. The van der Waals surface area contributed by atoms with E-state index in [1.54, 1.807) is 24.3 Å². The number of carbonyl (C=O) groups excluding carboxylic acids is 1. The molecule has 1 heterocycles. The molecule has 0 aliphatic carbocycles. The fraction of sp³-hybridized carbons (Fsp3) is 0.286. The minimum Gasteiger partial charge on any atom is -0.340 e. The molecule has 0 saturated carbocycles. The number of hydrogen-bond acceptors (Lipinski definition) is 6. The van der Waals surface area contributed by atoms with E-state index in [1.165, 1.54) is 12.1 Å². The molecule has 0 aliphatic rings. The number of rotatable bonds is 7. The highest BCUT2D eigenvalue weighted by Crippen LogP contribution is 2.27. The molecule has 2 atom stereocenters. The molecule has 8 heteroatoms. The lowest BCUT2D eigenvalue weighted by Gasteiger charge is -2.20. The Labute approximate surface area is 168 Å². The van der Waals surface area contributed by atoms with Gasteiger partial charge in [0.05, 0.1) is 4.92 Å². The van der Waals surface area contributed by atoms with Crippen LogP contribution in [0.5, 0.6) is 0 Å². The number of nitrogens with zero attached hydrogens (tertiary/aromatic N) is 3. The van der Waals surface area contributed by atoms with Crippen molar-refractivity contribution in [1.82, 2.24) is 15.5 Å². The van der Waals surface area contributed by atoms with Crippen LogP contribution in [0.4, 0.5) is 5.69 Å². The Morgan fingerprint density at radius 3 is 2.41 bits per heavy atom. The van der Waals surface area contributed by atoms with E-state index in [4.69, 9.17) is 4.52 Å². The van der Waals surface area contributed by atoms with Crippen molar-refractivity contribution < 1.29 is 14.2 Å². The zero-order chi connectivity index (χ0) is 21.0. The number of amides is 1. The lowest BCUT2D eigenvalue weighted by atomic mass is 9.98. The van der Waals surface area contributed by atoms with Crippen molar-refractivity contribution in [2.75, 3.05) is 0 Å². The summed E-state index contributed by atoms with van der Waals surface area (Å²) in [4.78, 5) is 27.4. The molecule has 1 aromatic heterocycles. The minimum atomic E-state index is -0.467. The average Bonchev–Trinajstić information content (AvgIpc) is 3.21. The molecule has 0 radical (unpaired) electrons. The highest BCUT2D eigenvalue weighted by molar-refractivity contribution is 5.94. The van der Waals surface area contributed by atoms with Crippen molar-refractivity contribution in [1.29, 1.82) is 0 Å². The number of aromatic nitrogens is 2. The number of non-ortho nitro benzene ring substituents is 1. The first kappa shape index (κ1) is 20.2. The fourth-order valence-corrected chi connectivity index (χ4v) is 2.82. The molecule has 29 heavy (non-hydrogen) atoms. The molecule has 0 spiro atoms. The number of carbonyl (C=O) groups is 1. The molecule has 0 fully saturated rings. The second kappa shape index (κ2) is 8.64. The zero-order valence-corrected chi connectivity index (χ0v) is 16.5. The maximum absolute atomic E-state index is 12.7. The van der Waals surface area contributed by atoms with E-state index in [9.17, 15) is 14.9 Å². The van der Waals surface area contributed by atoms with Crippen molar-refractivity contribution in [3.05, 3.63) is 75.7 Å². The second-order valence-corrected chi connectivity index (χ2v) is 6.96. The molecule has 150 valence electrons. The smallest absolute Gasteiger partial charge is 0.269 e. The third kappa shape index (κ3) is 4.66. The van der Waals surface area contributed by atoms with Crippen LogP contribution in [0.2, 0.25) is 0 Å². The topological polar surface area (TPSA) is 111 Å². The van der Waals surface area contributed by atoms with E-state index in [2.05, 4.69) is 15.5 Å². The number of nitro benzene ring substituents is 1. The van der Waals surface area contributed by atoms with Gasteiger partial charge in [-0.05, 0) is 37.1 Å². The number of nitro groups is 1. The Balaban J connectivity index is 1.83. The molecular weight excluding hydrogens is 372 g/mol. The quantitative estimate of drug-likeness (QED) is 0.467. The first-order valence-electron chi connectivity index (χ1n) is 9.35. The third-order valence-corrected chi connectivity index (χ3v) is 4.86. The van der Waals surface area contributed by atoms with Crippen LogP contribution < -0.4 is 5.32 Å². The molecule has 1 amide bonds. The van der Waals surface area contributed by atoms with Gasteiger partial charge < -0.3 is 9.84 Å². The molecule has 0 saturated heterocycles. The molecule has 1 N–H and O–H groups in total. The van der Waals surface area contributed by atoms with Crippen LogP contribution in [0.1, 0.15) is 48.1 Å². The van der Waals surface area contributed by atoms with Crippen molar-refractivity contribution in [2.24, 2.45) is 5.92 Å². The Kier molecular flexibility index (Phi) is 6.01. The predicted molar refractivity (Wildman–Crippen MR) is 107 cm³/mol. The zero-order valence-electron chi connectivity index (χ0n) is 16.5. The van der Waals surface area contributed by atoms with Gasteiger partial charge >= 0.3 is 0 Å². The number of benzene rings is 2. The van der Waals surface area contributed by atoms with Gasteiger partial charge in [0, 0.05) is 23.3 Å². The van der Waals surface area contributed by atoms with Crippen molar-refractivity contribution in [3.8, 4) is 11.4 Å². The molecule has 3 aromatic rings. The first-order chi connectivity index (χ1) is 13.9. The van der Waals surface area contributed by atoms with Crippen LogP contribution >= 0.6 is 0 Å². The Bertz CT molecular complexity index is 996. The summed E-state index contributed by atoms with van der Waals surface area (Å²) >= 11 is 0. The van der Waals surface area contributed by atoms with Crippen LogP contribution in [-0.2, 0) is 0 Å². The van der Waals surface area contributed by atoms with Gasteiger partial charge in [-0.15, -0.1) is 0 Å². The van der Waals surface area contributed by atoms with Gasteiger partial charge in [-0.3, -0.25) is 14.9 Å². The Hall–Kier alpha value is -3.55. The molecule has 2 aromatic carbocycles. The summed E-state index contributed by atoms with van der Waals surface area (Å²) in [5.74, 6) is 0.459. The summed E-state index contributed by atoms with van der Waals surface area (Å²) in [5, 5.41) is 17.8. The highest BCUT2D eigenvalue weighted by Gasteiger charge is 2.27. The Morgan fingerprint density at radius 2 is 1.83 bits per heavy atom. The van der Waals surface area contributed by atoms with Crippen LogP contribution in [0, 0.1) is 23.0 Å². The molecule has 0 bridgehead atoms. The summed E-state index contributed by atoms with van der Waals surface area (Å²) in [6, 6.07) is 12.8. The van der Waals surface area contributed by atoms with Gasteiger partial charge in [-0.25, -0.2) is 0 Å². The largest absolute Gasteiger partial charge is 0.340 e. The standard InChI is InChI=1S/C21H22N4O4/c1-4-14(3)18(22-20(26)16-7-5-13(2)6-8-16)21-23-19(24-29-21)15-9-11-17(12-10-15)25(27)28/h5-12,14,18H,4H2,1-3H3,(H,22,26). The van der Waals surface area contributed by atoms with E-state index in [0.717, 1.165) is 12.0 Å². The normalized spacial score (nSPS) is 12.9. The summed E-state index contributed by atoms with van der Waals surface area (Å²) in [6.07, 6.45) is 0.800. The lowest BCUT2D eigenvalue weighted by molar-refractivity contribution is -0.384. The van der Waals surface area contributed by atoms with Crippen LogP contribution in [0.25, 0.3) is 11.4 Å². The average molecular weight is 394 g/mol. The maximum atomic E-state index is 12.7. The summed E-state index contributed by atoms with van der Waals surface area (Å²) in [6.45, 7) is 5.97. The molecular formula is C21H22N4O4. The fourth-order valence-electron chi connectivity index (χ4n) is 2.82. The number of nitrogens with one attached hydrogen (secondary N) is 1. The lowest BCUT2D eigenvalue weighted by Crippen LogP contribution is -2.32. The monoisotopic (exact) mass is 394 g/mol. The Morgan fingerprint density at radius 1 is 1.17 bits per heavy atom. The summed E-state index contributed by atoms with van der Waals surface area (Å²) in [5.41, 5.74) is 2.21. The first-order valence-corrected chi connectivity index (χ1v) is 9.35. The molecule has 2 unspecified atom stereocenters. The summed E-state index contributed by atoms with van der Waals surface area (Å²) in [7, 11) is 0. The van der Waals surface area contributed by atoms with Crippen molar-refractivity contribution >= 4 is 11.6 Å². The number of hydrogen-bond donors (Lipinski definition) is 1. The van der Waals surface area contributed by atoms with E-state index in [1.807, 2.05) is 32.9 Å². The SMILES string of the molecule is CCC(C)C(NC(=O)c1ccc(C)cc1)c1nc(-c2ccc([N+](=O)[O-])cc2)no1. The molecule has 3 rings (SSSR count). The van der Waals surface area contributed by atoms with E-state index < -0.39 is 11.0 Å². The van der Waals surface area contributed by atoms with Gasteiger partial charge in [0.25, 0.3) is 11.6 Å². The van der Waals surface area contributed by atoms with Crippen LogP contribution in [0.3, 0.4) is 0 Å². The van der Waals surface area contributed by atoms with Gasteiger partial charge in [-0.2, -0.15) is 4.98 Å². The van der Waals surface area contributed by atoms with E-state index >= 15 is 0 Å². The van der Waals surface area contributed by atoms with Gasteiger partial charge in [-0.1, -0.05) is 43.1 Å². The predicted octanol–water partition coefficient (Wildman–Crippen LogP) is 4.47. The van der Waals surface area contributed by atoms with Crippen molar-refractivity contribution in [2.45, 2.75) is 33.2 Å². The molecule has 8 nitrogen and oxygen atoms in total. The van der Waals surface area contributed by atoms with Crippen molar-refractivity contribution in [3.63, 3.8) is 0 Å². The van der Waals surface area contributed by atoms with Gasteiger partial charge in [0.1, 0.15) is 6.04 Å². The van der Waals surface area contributed by atoms with Gasteiger partial charge in [0.2, 0.25) is 11.7 Å². The summed E-state index contributed by atoms with van der Waals surface area (Å²) < 4.78 is 5.43. The van der Waals surface area contributed by atoms with E-state index in [-0.39, 0.29) is 17.5 Å². The van der Waals surface area contributed by atoms with Crippen LogP contribution in [-0.4, -0.2) is 21.0 Å². The van der Waals surface area contributed by atoms with Crippen LogP contribution in [0.15, 0.2) is 53.1 Å². The molecule has 0 aliphatic heterocycles. The van der Waals surface area contributed by atoms with E-state index in [0.29, 0.717) is 22.8 Å². The third-order valence-electron chi connectivity index (χ3n) is 4.86. The maximum Gasteiger partial charge on any atom is 0.269 e. The van der Waals surface area contributed by atoms with Gasteiger partial charge in [0.15, 0.2) is 0 Å². The number of aryl methyl sites for hydroxylation is 1.